The molecular weight excluding hydrogens is 222 g/mol. The number of aromatic nitrogens is 2. The molecule has 1 N–H and O–H groups in total. The zero-order valence-electron chi connectivity index (χ0n) is 9.84. The predicted molar refractivity (Wildman–Crippen MR) is 60.8 cm³/mol. The first-order valence-corrected chi connectivity index (χ1v) is 5.55. The monoisotopic (exact) mass is 237 g/mol. The summed E-state index contributed by atoms with van der Waals surface area (Å²) < 4.78 is 5.55. The Morgan fingerprint density at radius 2 is 2.12 bits per heavy atom. The highest BCUT2D eigenvalue weighted by molar-refractivity contribution is 5.92. The molecule has 1 aliphatic rings. The minimum absolute atomic E-state index is 0.0189. The highest BCUT2D eigenvalue weighted by Crippen LogP contribution is 2.12. The Labute approximate surface area is 98.6 Å². The lowest BCUT2D eigenvalue weighted by Gasteiger charge is -2.35. The second kappa shape index (κ2) is 4.67. The van der Waals surface area contributed by atoms with Crippen molar-refractivity contribution in [1.82, 2.24) is 14.9 Å². The van der Waals surface area contributed by atoms with Gasteiger partial charge in [0.15, 0.2) is 0 Å². The lowest BCUT2D eigenvalue weighted by Crippen LogP contribution is -2.48. The summed E-state index contributed by atoms with van der Waals surface area (Å²) in [7, 11) is 0. The number of aromatic amines is 1. The van der Waals surface area contributed by atoms with Crippen LogP contribution in [-0.2, 0) is 4.74 Å². The van der Waals surface area contributed by atoms with E-state index in [4.69, 9.17) is 4.74 Å². The van der Waals surface area contributed by atoms with Crippen molar-refractivity contribution in [1.29, 1.82) is 0 Å². The molecule has 1 aromatic rings. The Morgan fingerprint density at radius 1 is 1.47 bits per heavy atom. The first kappa shape index (κ1) is 11.8. The summed E-state index contributed by atoms with van der Waals surface area (Å²) in [6, 6.07) is 0. The van der Waals surface area contributed by atoms with Crippen molar-refractivity contribution in [2.24, 2.45) is 0 Å². The molecule has 1 saturated heterocycles. The first-order chi connectivity index (χ1) is 8.06. The topological polar surface area (TPSA) is 75.3 Å². The van der Waals surface area contributed by atoms with Crippen molar-refractivity contribution in [3.8, 4) is 0 Å². The number of ether oxygens (including phenoxy) is 1. The Bertz CT molecular complexity index is 441. The largest absolute Gasteiger partial charge is 0.372 e. The van der Waals surface area contributed by atoms with Gasteiger partial charge < -0.3 is 14.6 Å². The number of morpholine rings is 1. The van der Waals surface area contributed by atoms with E-state index < -0.39 is 0 Å². The third-order valence-electron chi connectivity index (χ3n) is 2.60. The molecule has 0 spiro atoms. The van der Waals surface area contributed by atoms with Crippen LogP contribution in [0.4, 0.5) is 0 Å². The average Bonchev–Trinajstić information content (AvgIpc) is 2.28. The molecule has 1 amide bonds. The van der Waals surface area contributed by atoms with Gasteiger partial charge in [0.05, 0.1) is 18.4 Å². The van der Waals surface area contributed by atoms with Crippen LogP contribution >= 0.6 is 0 Å². The quantitative estimate of drug-likeness (QED) is 0.747. The standard InChI is InChI=1S/C11H15N3O3/c1-7-5-14(6-8(2)17-7)11(16)9-3-13-10(15)4-12-9/h3-4,7-8H,5-6H2,1-2H3,(H,13,15). The van der Waals surface area contributed by atoms with Gasteiger partial charge in [-0.25, -0.2) is 4.98 Å². The molecule has 1 fully saturated rings. The van der Waals surface area contributed by atoms with Crippen LogP contribution < -0.4 is 5.56 Å². The number of hydrogen-bond acceptors (Lipinski definition) is 4. The van der Waals surface area contributed by atoms with Gasteiger partial charge in [0, 0.05) is 19.3 Å². The zero-order chi connectivity index (χ0) is 12.4. The van der Waals surface area contributed by atoms with Crippen LogP contribution in [0, 0.1) is 0 Å². The lowest BCUT2D eigenvalue weighted by atomic mass is 10.2. The fourth-order valence-corrected chi connectivity index (χ4v) is 1.96. The molecule has 6 nitrogen and oxygen atoms in total. The van der Waals surface area contributed by atoms with Crippen LogP contribution in [0.25, 0.3) is 0 Å². The van der Waals surface area contributed by atoms with Gasteiger partial charge in [0.25, 0.3) is 11.5 Å². The van der Waals surface area contributed by atoms with Gasteiger partial charge >= 0.3 is 0 Å². The van der Waals surface area contributed by atoms with E-state index in [0.717, 1.165) is 6.20 Å². The number of hydrogen-bond donors (Lipinski definition) is 1. The molecule has 0 radical (unpaired) electrons. The Kier molecular flexibility index (Phi) is 3.23. The van der Waals surface area contributed by atoms with E-state index in [9.17, 15) is 9.59 Å². The second-order valence-electron chi connectivity index (χ2n) is 4.26. The SMILES string of the molecule is CC1CN(C(=O)c2c[nH]c(=O)cn2)CC(C)O1. The molecular formula is C11H15N3O3. The van der Waals surface area contributed by atoms with Crippen LogP contribution in [0.2, 0.25) is 0 Å². The number of nitrogens with one attached hydrogen (secondary N) is 1. The fourth-order valence-electron chi connectivity index (χ4n) is 1.96. The summed E-state index contributed by atoms with van der Waals surface area (Å²) in [4.78, 5) is 30.9. The first-order valence-electron chi connectivity index (χ1n) is 5.55. The van der Waals surface area contributed by atoms with Crippen LogP contribution in [0.3, 0.4) is 0 Å². The number of carbonyl (C=O) groups is 1. The number of amides is 1. The normalized spacial score (nSPS) is 24.7. The molecule has 1 aromatic heterocycles. The molecule has 0 aromatic carbocycles. The second-order valence-corrected chi connectivity index (χ2v) is 4.26. The predicted octanol–water partition coefficient (Wildman–Crippen LogP) is 0.0193. The lowest BCUT2D eigenvalue weighted by molar-refractivity contribution is -0.0587. The molecule has 6 heteroatoms. The van der Waals surface area contributed by atoms with Gasteiger partial charge in [0.1, 0.15) is 5.69 Å². The van der Waals surface area contributed by atoms with Crippen LogP contribution in [0.15, 0.2) is 17.2 Å². The summed E-state index contributed by atoms with van der Waals surface area (Å²) in [5.74, 6) is -0.178. The summed E-state index contributed by atoms with van der Waals surface area (Å²) in [6.07, 6.45) is 2.49. The van der Waals surface area contributed by atoms with Crippen molar-refractivity contribution in [2.75, 3.05) is 13.1 Å². The Balaban J connectivity index is 2.14. The molecule has 1 aliphatic heterocycles. The number of carbonyl (C=O) groups excluding carboxylic acids is 1. The van der Waals surface area contributed by atoms with Crippen molar-refractivity contribution < 1.29 is 9.53 Å². The molecule has 2 rings (SSSR count). The van der Waals surface area contributed by atoms with E-state index in [1.54, 1.807) is 4.90 Å². The fraction of sp³-hybridized carbons (Fsp3) is 0.545. The zero-order valence-corrected chi connectivity index (χ0v) is 9.84. The molecule has 2 unspecified atom stereocenters. The maximum atomic E-state index is 12.1. The van der Waals surface area contributed by atoms with Crippen LogP contribution in [0.1, 0.15) is 24.3 Å². The molecule has 0 bridgehead atoms. The van der Waals surface area contributed by atoms with Crippen molar-refractivity contribution >= 4 is 5.91 Å². The minimum Gasteiger partial charge on any atom is -0.372 e. The van der Waals surface area contributed by atoms with Gasteiger partial charge in [0.2, 0.25) is 0 Å². The van der Waals surface area contributed by atoms with E-state index in [1.165, 1.54) is 6.20 Å². The summed E-state index contributed by atoms with van der Waals surface area (Å²) >= 11 is 0. The molecule has 2 atom stereocenters. The highest BCUT2D eigenvalue weighted by atomic mass is 16.5. The summed E-state index contributed by atoms with van der Waals surface area (Å²) in [5.41, 5.74) is -0.0591. The molecule has 17 heavy (non-hydrogen) atoms. The molecule has 0 saturated carbocycles. The highest BCUT2D eigenvalue weighted by Gasteiger charge is 2.27. The molecule has 92 valence electrons. The minimum atomic E-state index is -0.315. The van der Waals surface area contributed by atoms with Gasteiger partial charge in [-0.05, 0) is 13.8 Å². The molecule has 2 heterocycles. The van der Waals surface area contributed by atoms with Gasteiger partial charge in [-0.3, -0.25) is 9.59 Å². The Hall–Kier alpha value is -1.69. The maximum Gasteiger partial charge on any atom is 0.274 e. The third-order valence-corrected chi connectivity index (χ3v) is 2.60. The average molecular weight is 237 g/mol. The van der Waals surface area contributed by atoms with Crippen LogP contribution in [0.5, 0.6) is 0 Å². The summed E-state index contributed by atoms with van der Waals surface area (Å²) in [6.45, 7) is 4.94. The Morgan fingerprint density at radius 3 is 2.65 bits per heavy atom. The van der Waals surface area contributed by atoms with Gasteiger partial charge in [-0.1, -0.05) is 0 Å². The van der Waals surface area contributed by atoms with E-state index in [2.05, 4.69) is 9.97 Å². The number of H-pyrrole nitrogens is 1. The van der Waals surface area contributed by atoms with E-state index in [0.29, 0.717) is 13.1 Å². The van der Waals surface area contributed by atoms with Crippen molar-refractivity contribution in [2.45, 2.75) is 26.1 Å². The van der Waals surface area contributed by atoms with E-state index in [-0.39, 0.29) is 29.4 Å². The maximum absolute atomic E-state index is 12.1. The smallest absolute Gasteiger partial charge is 0.274 e. The van der Waals surface area contributed by atoms with Crippen molar-refractivity contribution in [3.05, 3.63) is 28.4 Å². The third kappa shape index (κ3) is 2.71. The van der Waals surface area contributed by atoms with E-state index >= 15 is 0 Å². The van der Waals surface area contributed by atoms with Gasteiger partial charge in [-0.2, -0.15) is 0 Å². The number of rotatable bonds is 1. The van der Waals surface area contributed by atoms with Crippen molar-refractivity contribution in [3.63, 3.8) is 0 Å². The van der Waals surface area contributed by atoms with E-state index in [1.807, 2.05) is 13.8 Å². The number of nitrogens with zero attached hydrogens (tertiary/aromatic N) is 2. The molecule has 0 aliphatic carbocycles. The van der Waals surface area contributed by atoms with Gasteiger partial charge in [-0.15, -0.1) is 0 Å². The summed E-state index contributed by atoms with van der Waals surface area (Å²) in [5, 5.41) is 0. The van der Waals surface area contributed by atoms with Crippen LogP contribution in [-0.4, -0.2) is 46.1 Å².